The lowest BCUT2D eigenvalue weighted by Crippen LogP contribution is -2.22. The van der Waals surface area contributed by atoms with E-state index in [9.17, 15) is 9.59 Å². The molecule has 4 aromatic rings. The molecule has 1 N–H and O–H groups in total. The number of fused-ring (bicyclic) bond motifs is 1. The highest BCUT2D eigenvalue weighted by molar-refractivity contribution is 8.00. The Kier molecular flexibility index (Phi) is 6.77. The molecule has 1 unspecified atom stereocenters. The van der Waals surface area contributed by atoms with Crippen LogP contribution >= 0.6 is 23.1 Å². The van der Waals surface area contributed by atoms with Gasteiger partial charge >= 0.3 is 5.97 Å². The number of ether oxygens (including phenoxy) is 1. The van der Waals surface area contributed by atoms with E-state index in [2.05, 4.69) is 20.3 Å². The number of amides is 1. The summed E-state index contributed by atoms with van der Waals surface area (Å²) in [4.78, 5) is 37.7. The SMILES string of the molecule is CCOC(=O)c1ccc2nc(NC(=O)C(C)Sc3cc(-c4ccccc4)ncn3)sc2c1. The Morgan fingerprint density at radius 3 is 2.72 bits per heavy atom. The minimum Gasteiger partial charge on any atom is -0.462 e. The summed E-state index contributed by atoms with van der Waals surface area (Å²) < 4.78 is 5.84. The van der Waals surface area contributed by atoms with E-state index in [0.717, 1.165) is 16.0 Å². The monoisotopic (exact) mass is 464 g/mol. The maximum Gasteiger partial charge on any atom is 0.338 e. The minimum absolute atomic E-state index is 0.181. The van der Waals surface area contributed by atoms with E-state index in [1.165, 1.54) is 29.4 Å². The summed E-state index contributed by atoms with van der Waals surface area (Å²) in [6.07, 6.45) is 1.50. The fourth-order valence-electron chi connectivity index (χ4n) is 2.93. The molecule has 162 valence electrons. The largest absolute Gasteiger partial charge is 0.462 e. The molecule has 2 heterocycles. The summed E-state index contributed by atoms with van der Waals surface area (Å²) in [7, 11) is 0. The Balaban J connectivity index is 1.43. The molecule has 2 aromatic carbocycles. The molecular weight excluding hydrogens is 444 g/mol. The minimum atomic E-state index is -0.393. The van der Waals surface area contributed by atoms with Crippen LogP contribution in [0.5, 0.6) is 0 Å². The van der Waals surface area contributed by atoms with Gasteiger partial charge in [-0.25, -0.2) is 19.7 Å². The van der Waals surface area contributed by atoms with Crippen LogP contribution in [0.2, 0.25) is 0 Å². The zero-order valence-corrected chi connectivity index (χ0v) is 19.1. The number of thioether (sulfide) groups is 1. The number of aromatic nitrogens is 3. The zero-order chi connectivity index (χ0) is 22.5. The standard InChI is InChI=1S/C23H20N4O3S2/c1-3-30-22(29)16-9-10-17-19(11-16)32-23(26-17)27-21(28)14(2)31-20-12-18(24-13-25-20)15-7-5-4-6-8-15/h4-14H,3H2,1-2H3,(H,26,27,28). The Hall–Kier alpha value is -3.30. The van der Waals surface area contributed by atoms with Gasteiger partial charge in [0, 0.05) is 5.56 Å². The highest BCUT2D eigenvalue weighted by Crippen LogP contribution is 2.29. The van der Waals surface area contributed by atoms with Gasteiger partial charge in [0.1, 0.15) is 11.4 Å². The number of rotatable bonds is 7. The number of hydrogen-bond donors (Lipinski definition) is 1. The number of carbonyl (C=O) groups is 2. The van der Waals surface area contributed by atoms with Crippen molar-refractivity contribution < 1.29 is 14.3 Å². The average Bonchev–Trinajstić information content (AvgIpc) is 3.21. The van der Waals surface area contributed by atoms with E-state index in [4.69, 9.17) is 4.74 Å². The molecular formula is C23H20N4O3S2. The molecule has 0 spiro atoms. The van der Waals surface area contributed by atoms with Crippen LogP contribution in [-0.2, 0) is 9.53 Å². The molecule has 0 aliphatic carbocycles. The van der Waals surface area contributed by atoms with Crippen LogP contribution in [0, 0.1) is 0 Å². The van der Waals surface area contributed by atoms with Gasteiger partial charge in [-0.15, -0.1) is 0 Å². The molecule has 1 atom stereocenters. The van der Waals surface area contributed by atoms with Crippen LogP contribution in [-0.4, -0.2) is 38.7 Å². The molecule has 7 nitrogen and oxygen atoms in total. The molecule has 9 heteroatoms. The predicted molar refractivity (Wildman–Crippen MR) is 127 cm³/mol. The van der Waals surface area contributed by atoms with Crippen LogP contribution in [0.15, 0.2) is 66.0 Å². The number of esters is 1. The second-order valence-corrected chi connectivity index (χ2v) is 9.17. The lowest BCUT2D eigenvalue weighted by molar-refractivity contribution is -0.115. The van der Waals surface area contributed by atoms with E-state index in [0.29, 0.717) is 27.8 Å². The second-order valence-electron chi connectivity index (χ2n) is 6.78. The molecule has 4 rings (SSSR count). The van der Waals surface area contributed by atoms with Gasteiger partial charge in [-0.1, -0.05) is 53.4 Å². The maximum atomic E-state index is 12.7. The van der Waals surface area contributed by atoms with Gasteiger partial charge in [-0.3, -0.25) is 4.79 Å². The van der Waals surface area contributed by atoms with Gasteiger partial charge in [0.05, 0.1) is 33.3 Å². The highest BCUT2D eigenvalue weighted by atomic mass is 32.2. The van der Waals surface area contributed by atoms with E-state index >= 15 is 0 Å². The van der Waals surface area contributed by atoms with Crippen LogP contribution in [0.4, 0.5) is 5.13 Å². The Morgan fingerprint density at radius 2 is 1.94 bits per heavy atom. The smallest absolute Gasteiger partial charge is 0.338 e. The summed E-state index contributed by atoms with van der Waals surface area (Å²) in [5, 5.41) is 3.66. The van der Waals surface area contributed by atoms with Crippen molar-refractivity contribution in [3.63, 3.8) is 0 Å². The van der Waals surface area contributed by atoms with Crippen LogP contribution < -0.4 is 5.32 Å². The molecule has 0 radical (unpaired) electrons. The molecule has 0 bridgehead atoms. The number of nitrogens with zero attached hydrogens (tertiary/aromatic N) is 3. The predicted octanol–water partition coefficient (Wildman–Crippen LogP) is 5.05. The van der Waals surface area contributed by atoms with Crippen molar-refractivity contribution in [1.29, 1.82) is 0 Å². The molecule has 0 aliphatic heterocycles. The quantitative estimate of drug-likeness (QED) is 0.232. The van der Waals surface area contributed by atoms with Gasteiger partial charge in [-0.05, 0) is 38.1 Å². The number of nitrogens with one attached hydrogen (secondary N) is 1. The first-order chi connectivity index (χ1) is 15.5. The summed E-state index contributed by atoms with van der Waals surface area (Å²) in [5.74, 6) is -0.558. The van der Waals surface area contributed by atoms with Crippen molar-refractivity contribution in [3.05, 3.63) is 66.5 Å². The normalized spacial score (nSPS) is 11.8. The molecule has 0 fully saturated rings. The number of benzene rings is 2. The molecule has 0 saturated carbocycles. The molecule has 1 amide bonds. The fraction of sp³-hybridized carbons (Fsp3) is 0.174. The number of anilines is 1. The Morgan fingerprint density at radius 1 is 1.12 bits per heavy atom. The summed E-state index contributed by atoms with van der Waals surface area (Å²) in [6, 6.07) is 16.8. The van der Waals surface area contributed by atoms with E-state index < -0.39 is 5.25 Å². The number of carbonyl (C=O) groups excluding carboxylic acids is 2. The Labute approximate surface area is 193 Å². The molecule has 0 aliphatic rings. The topological polar surface area (TPSA) is 94.1 Å². The van der Waals surface area contributed by atoms with E-state index in [-0.39, 0.29) is 11.9 Å². The maximum absolute atomic E-state index is 12.7. The van der Waals surface area contributed by atoms with Crippen molar-refractivity contribution in [2.24, 2.45) is 0 Å². The summed E-state index contributed by atoms with van der Waals surface area (Å²) >= 11 is 2.66. The average molecular weight is 465 g/mol. The first-order valence-corrected chi connectivity index (χ1v) is 11.7. The van der Waals surface area contributed by atoms with E-state index in [1.807, 2.05) is 43.3 Å². The van der Waals surface area contributed by atoms with Crippen molar-refractivity contribution in [2.45, 2.75) is 24.1 Å². The number of thiazole rings is 1. The Bertz CT molecular complexity index is 1260. The van der Waals surface area contributed by atoms with Crippen LogP contribution in [0.25, 0.3) is 21.5 Å². The van der Waals surface area contributed by atoms with Gasteiger partial charge in [0.25, 0.3) is 0 Å². The first kappa shape index (κ1) is 21.9. The second kappa shape index (κ2) is 9.88. The lowest BCUT2D eigenvalue weighted by atomic mass is 10.1. The van der Waals surface area contributed by atoms with Gasteiger partial charge < -0.3 is 10.1 Å². The first-order valence-electron chi connectivity index (χ1n) is 9.96. The molecule has 0 saturated heterocycles. The fourth-order valence-corrected chi connectivity index (χ4v) is 4.66. The molecule has 2 aromatic heterocycles. The van der Waals surface area contributed by atoms with Crippen molar-refractivity contribution >= 4 is 50.3 Å². The van der Waals surface area contributed by atoms with Gasteiger partial charge in [-0.2, -0.15) is 0 Å². The third kappa shape index (κ3) is 5.12. The third-order valence-corrected chi connectivity index (χ3v) is 6.47. The lowest BCUT2D eigenvalue weighted by Gasteiger charge is -2.10. The third-order valence-electron chi connectivity index (χ3n) is 4.51. The van der Waals surface area contributed by atoms with Crippen molar-refractivity contribution in [2.75, 3.05) is 11.9 Å². The summed E-state index contributed by atoms with van der Waals surface area (Å²) in [6.45, 7) is 3.89. The van der Waals surface area contributed by atoms with Crippen LogP contribution in [0.1, 0.15) is 24.2 Å². The number of hydrogen-bond acceptors (Lipinski definition) is 8. The van der Waals surface area contributed by atoms with Crippen LogP contribution in [0.3, 0.4) is 0 Å². The van der Waals surface area contributed by atoms with Crippen molar-refractivity contribution in [3.8, 4) is 11.3 Å². The van der Waals surface area contributed by atoms with Gasteiger partial charge in [0.15, 0.2) is 5.13 Å². The van der Waals surface area contributed by atoms with Crippen molar-refractivity contribution in [1.82, 2.24) is 15.0 Å². The zero-order valence-electron chi connectivity index (χ0n) is 17.4. The molecule has 32 heavy (non-hydrogen) atoms. The summed E-state index contributed by atoms with van der Waals surface area (Å²) in [5.41, 5.74) is 2.97. The van der Waals surface area contributed by atoms with E-state index in [1.54, 1.807) is 25.1 Å². The highest BCUT2D eigenvalue weighted by Gasteiger charge is 2.18. The van der Waals surface area contributed by atoms with Gasteiger partial charge in [0.2, 0.25) is 5.91 Å².